The summed E-state index contributed by atoms with van der Waals surface area (Å²) in [6.45, 7) is 5.27. The minimum Gasteiger partial charge on any atom is -0.361 e. The van der Waals surface area contributed by atoms with E-state index in [1.165, 1.54) is 0 Å². The van der Waals surface area contributed by atoms with Crippen LogP contribution in [0.4, 0.5) is 11.6 Å². The molecule has 11 heteroatoms. The first-order chi connectivity index (χ1) is 25.2. The van der Waals surface area contributed by atoms with E-state index in [9.17, 15) is 0 Å². The van der Waals surface area contributed by atoms with Crippen LogP contribution in [0.1, 0.15) is 61.8 Å². The van der Waals surface area contributed by atoms with Crippen LogP contribution in [0.2, 0.25) is 0 Å². The number of amidine groups is 4. The molecule has 0 unspecified atom stereocenters. The summed E-state index contributed by atoms with van der Waals surface area (Å²) >= 11 is 0. The molecule has 10 nitrogen and oxygen atoms in total. The van der Waals surface area contributed by atoms with Crippen molar-refractivity contribution in [2.24, 2.45) is 30.0 Å². The van der Waals surface area contributed by atoms with Gasteiger partial charge in [0.25, 0.3) is 0 Å². The zero-order valence-corrected chi connectivity index (χ0v) is 29.4. The molecule has 0 atom stereocenters. The van der Waals surface area contributed by atoms with Crippen molar-refractivity contribution in [3.63, 3.8) is 0 Å². The molecule has 0 amide bonds. The van der Waals surface area contributed by atoms with Crippen LogP contribution in [-0.2, 0) is 8.85 Å². The SMILES string of the molecule is CCCCO[Si]1(OCCCC)n2c3c4ccccc4c2/N=C2N=C(/N=c4/c5ccccc5/c(n41)=N/C1=NC(=N\3)/c3ccccc31)c1ccccc1\2. The first kappa shape index (κ1) is 30.2. The van der Waals surface area contributed by atoms with Crippen LogP contribution in [-0.4, -0.2) is 53.9 Å². The van der Waals surface area contributed by atoms with Crippen LogP contribution in [0.3, 0.4) is 0 Å². The summed E-state index contributed by atoms with van der Waals surface area (Å²) in [6, 6.07) is 32.9. The second-order valence-electron chi connectivity index (χ2n) is 13.1. The van der Waals surface area contributed by atoms with Gasteiger partial charge < -0.3 is 8.85 Å². The Labute approximate surface area is 295 Å². The van der Waals surface area contributed by atoms with Gasteiger partial charge in [0.15, 0.2) is 23.3 Å². The van der Waals surface area contributed by atoms with E-state index in [1.807, 2.05) is 48.5 Å². The minimum absolute atomic E-state index is 0.463. The van der Waals surface area contributed by atoms with Gasteiger partial charge in [-0.25, -0.2) is 30.0 Å². The normalized spacial score (nSPS) is 19.4. The van der Waals surface area contributed by atoms with Crippen LogP contribution in [0, 0.1) is 0 Å². The van der Waals surface area contributed by atoms with Crippen molar-refractivity contribution in [3.8, 4) is 0 Å². The number of aliphatic imine (C=N–C) groups is 4. The summed E-state index contributed by atoms with van der Waals surface area (Å²) in [6.07, 6.45) is 3.60. The van der Waals surface area contributed by atoms with Gasteiger partial charge in [0.1, 0.15) is 22.6 Å². The van der Waals surface area contributed by atoms with E-state index in [0.717, 1.165) is 69.5 Å². The topological polar surface area (TPSA) is 102 Å². The second-order valence-corrected chi connectivity index (χ2v) is 15.6. The molecule has 0 aliphatic carbocycles. The number of unbranched alkanes of at least 4 members (excludes halogenated alkanes) is 2. The first-order valence-electron chi connectivity index (χ1n) is 17.7. The molecule has 4 aromatic carbocycles. The maximum Gasteiger partial charge on any atom is 0.603 e. The second kappa shape index (κ2) is 11.7. The van der Waals surface area contributed by atoms with Crippen molar-refractivity contribution in [1.29, 1.82) is 0 Å². The summed E-state index contributed by atoms with van der Waals surface area (Å²) in [7, 11) is -3.96. The van der Waals surface area contributed by atoms with Gasteiger partial charge in [0, 0.05) is 57.0 Å². The molecule has 2 aromatic heterocycles. The van der Waals surface area contributed by atoms with Crippen LogP contribution >= 0.6 is 0 Å². The first-order valence-corrected chi connectivity index (χ1v) is 19.4. The molecule has 4 aliphatic rings. The van der Waals surface area contributed by atoms with Gasteiger partial charge in [-0.05, 0) is 12.8 Å². The van der Waals surface area contributed by atoms with E-state index < -0.39 is 8.88 Å². The smallest absolute Gasteiger partial charge is 0.361 e. The quantitative estimate of drug-likeness (QED) is 0.127. The summed E-state index contributed by atoms with van der Waals surface area (Å²) < 4.78 is 19.1. The largest absolute Gasteiger partial charge is 0.603 e. The summed E-state index contributed by atoms with van der Waals surface area (Å²) in [4.78, 5) is 32.0. The third-order valence-corrected chi connectivity index (χ3v) is 13.0. The van der Waals surface area contributed by atoms with E-state index in [-0.39, 0.29) is 0 Å². The van der Waals surface area contributed by atoms with E-state index in [0.29, 0.717) is 59.2 Å². The molecule has 4 aliphatic heterocycles. The number of aromatic nitrogens is 2. The highest BCUT2D eigenvalue weighted by atomic mass is 28.4. The number of fused-ring (bicyclic) bond motifs is 14. The molecule has 0 saturated heterocycles. The van der Waals surface area contributed by atoms with Crippen LogP contribution < -0.4 is 11.0 Å². The monoisotopic (exact) mass is 686 g/mol. The lowest BCUT2D eigenvalue weighted by Crippen LogP contribution is -2.64. The van der Waals surface area contributed by atoms with Gasteiger partial charge in [-0.1, -0.05) is 124 Å². The maximum absolute atomic E-state index is 7.40. The van der Waals surface area contributed by atoms with Gasteiger partial charge >= 0.3 is 8.88 Å². The minimum atomic E-state index is -3.96. The van der Waals surface area contributed by atoms with Crippen molar-refractivity contribution in [3.05, 3.63) is 130 Å². The zero-order chi connectivity index (χ0) is 34.1. The van der Waals surface area contributed by atoms with Crippen molar-refractivity contribution >= 4 is 65.4 Å². The molecule has 6 heterocycles. The van der Waals surface area contributed by atoms with E-state index in [1.54, 1.807) is 0 Å². The average molecular weight is 687 g/mol. The van der Waals surface area contributed by atoms with Crippen LogP contribution in [0.5, 0.6) is 0 Å². The van der Waals surface area contributed by atoms with Crippen molar-refractivity contribution in [1.82, 2.24) is 8.47 Å². The number of rotatable bonds is 8. The molecule has 250 valence electrons. The molecule has 6 bridgehead atoms. The molecule has 0 N–H and O–H groups in total. The van der Waals surface area contributed by atoms with E-state index in [2.05, 4.69) is 70.8 Å². The van der Waals surface area contributed by atoms with Crippen LogP contribution in [0.25, 0.3) is 21.5 Å². The molecule has 6 aromatic rings. The Bertz CT molecular complexity index is 2520. The fourth-order valence-corrected chi connectivity index (χ4v) is 10.8. The lowest BCUT2D eigenvalue weighted by molar-refractivity contribution is 0.144. The standard InChI is InChI=1S/C40H34N8O2Si/c1-3-5-23-49-51(50-24-6-4-2)47-37-29-19-11-12-20-30(29)39(47)45-35-27-17-9-10-18-28(27)36(42-35)46-40-32-22-14-13-21-31(32)38(48(40)51)44-34-26-16-8-7-15-25(26)33(41-34)43-37/h7-22H,3-6,23-24H2,1-2H3/b43-33-,43-37?,44-34?,44-38-,45-35-,45-39?,46-36?,46-40-. The summed E-state index contributed by atoms with van der Waals surface area (Å²) in [5, 5.41) is 3.68. The number of benzene rings is 4. The lowest BCUT2D eigenvalue weighted by Gasteiger charge is -2.33. The molecule has 10 rings (SSSR count). The summed E-state index contributed by atoms with van der Waals surface area (Å²) in [5.41, 5.74) is 5.03. The van der Waals surface area contributed by atoms with Gasteiger partial charge in [0.2, 0.25) is 0 Å². The van der Waals surface area contributed by atoms with Gasteiger partial charge in [-0.15, -0.1) is 0 Å². The lowest BCUT2D eigenvalue weighted by atomic mass is 10.1. The molecule has 0 spiro atoms. The van der Waals surface area contributed by atoms with Crippen molar-refractivity contribution in [2.45, 2.75) is 39.5 Å². The Hall–Kier alpha value is -5.62. The van der Waals surface area contributed by atoms with Gasteiger partial charge in [-0.3, -0.25) is 8.47 Å². The Balaban J connectivity index is 1.50. The van der Waals surface area contributed by atoms with Crippen molar-refractivity contribution < 1.29 is 8.85 Å². The zero-order valence-electron chi connectivity index (χ0n) is 28.4. The Morgan fingerprint density at radius 2 is 0.824 bits per heavy atom. The molecule has 0 saturated carbocycles. The van der Waals surface area contributed by atoms with Gasteiger partial charge in [0.05, 0.1) is 0 Å². The predicted molar refractivity (Wildman–Crippen MR) is 203 cm³/mol. The summed E-state index contributed by atoms with van der Waals surface area (Å²) in [5.74, 6) is 3.70. The number of nitrogens with zero attached hydrogens (tertiary/aromatic N) is 8. The highest BCUT2D eigenvalue weighted by Crippen LogP contribution is 2.43. The Morgan fingerprint density at radius 3 is 1.24 bits per heavy atom. The number of hydrogen-bond acceptors (Lipinski definition) is 8. The molecular weight excluding hydrogens is 653 g/mol. The highest BCUT2D eigenvalue weighted by Gasteiger charge is 2.52. The fraction of sp³-hybridized carbons (Fsp3) is 0.200. The maximum atomic E-state index is 7.40. The Kier molecular flexibility index (Phi) is 6.95. The highest BCUT2D eigenvalue weighted by molar-refractivity contribution is 6.66. The predicted octanol–water partition coefficient (Wildman–Crippen LogP) is 7.00. The molecule has 51 heavy (non-hydrogen) atoms. The third kappa shape index (κ3) is 4.41. The van der Waals surface area contributed by atoms with E-state index in [4.69, 9.17) is 38.8 Å². The molecule has 0 radical (unpaired) electrons. The van der Waals surface area contributed by atoms with Crippen molar-refractivity contribution in [2.75, 3.05) is 13.2 Å². The van der Waals surface area contributed by atoms with Gasteiger partial charge in [-0.2, -0.15) is 0 Å². The third-order valence-electron chi connectivity index (χ3n) is 9.89. The van der Waals surface area contributed by atoms with E-state index >= 15 is 0 Å². The van der Waals surface area contributed by atoms with Crippen LogP contribution in [0.15, 0.2) is 127 Å². The average Bonchev–Trinajstić information content (AvgIpc) is 3.88. The molecular formula is C40H34N8O2Si. The number of hydrogen-bond donors (Lipinski definition) is 0. The fourth-order valence-electron chi connectivity index (χ4n) is 7.43. The Morgan fingerprint density at radius 1 is 0.451 bits per heavy atom. The molecule has 0 fully saturated rings.